The molecule has 0 aliphatic carbocycles. The zero-order valence-corrected chi connectivity index (χ0v) is 36.5. The van der Waals surface area contributed by atoms with Gasteiger partial charge in [-0.05, 0) is 116 Å². The number of fused-ring (bicyclic) bond motifs is 8. The predicted molar refractivity (Wildman–Crippen MR) is 235 cm³/mol. The van der Waals surface area contributed by atoms with Gasteiger partial charge in [0.25, 0.3) is 10.1 Å². The van der Waals surface area contributed by atoms with Gasteiger partial charge in [-0.1, -0.05) is 35.1 Å². The molecule has 6 aromatic carbocycles. The summed E-state index contributed by atoms with van der Waals surface area (Å²) in [5.74, 6) is -0.201. The van der Waals surface area contributed by atoms with Gasteiger partial charge in [-0.3, -0.25) is 18.9 Å². The van der Waals surface area contributed by atoms with Crippen molar-refractivity contribution in [2.45, 2.75) is 37.5 Å². The van der Waals surface area contributed by atoms with Gasteiger partial charge < -0.3 is 24.6 Å². The number of aromatic amines is 3. The molecule has 0 bridgehead atoms. The summed E-state index contributed by atoms with van der Waals surface area (Å²) in [5, 5.41) is 16.1. The van der Waals surface area contributed by atoms with Gasteiger partial charge in [0.15, 0.2) is 16.3 Å². The van der Waals surface area contributed by atoms with Gasteiger partial charge in [-0.2, -0.15) is 8.42 Å². The monoisotopic (exact) mass is 878 g/mol. The van der Waals surface area contributed by atoms with Crippen molar-refractivity contribution in [3.05, 3.63) is 138 Å². The van der Waals surface area contributed by atoms with Crippen molar-refractivity contribution in [1.29, 1.82) is 0 Å². The van der Waals surface area contributed by atoms with Gasteiger partial charge in [-0.25, -0.2) is 13.4 Å². The van der Waals surface area contributed by atoms with Crippen LogP contribution in [0.5, 0.6) is 5.75 Å². The molecule has 14 nitrogen and oxygen atoms in total. The van der Waals surface area contributed by atoms with Gasteiger partial charge in [-0.15, -0.1) is 0 Å². The maximum Gasteiger partial charge on any atom is 2.00 e. The Morgan fingerprint density at radius 1 is 0.492 bits per heavy atom. The molecule has 0 aliphatic heterocycles. The molecule has 0 aliphatic rings. The fourth-order valence-corrected chi connectivity index (χ4v) is 9.32. The zero-order valence-electron chi connectivity index (χ0n) is 32.7. The number of nitrogens with one attached hydrogen (secondary N) is 3. The first kappa shape index (κ1) is 42.0. The molecule has 0 saturated heterocycles. The van der Waals surface area contributed by atoms with E-state index in [4.69, 9.17) is 0 Å². The van der Waals surface area contributed by atoms with Crippen LogP contribution in [0.1, 0.15) is 22.3 Å². The number of H-pyrrole nitrogens is 3. The fourth-order valence-electron chi connectivity index (χ4n) is 7.87. The van der Waals surface area contributed by atoms with E-state index < -0.39 is 25.1 Å². The van der Waals surface area contributed by atoms with Gasteiger partial charge in [0, 0.05) is 37.8 Å². The maximum absolute atomic E-state index is 13.1. The summed E-state index contributed by atoms with van der Waals surface area (Å²) in [7, 11) is -9.13. The molecule has 61 heavy (non-hydrogen) atoms. The Morgan fingerprint density at radius 3 is 1.43 bits per heavy atom. The van der Waals surface area contributed by atoms with Crippen LogP contribution in [0.4, 0.5) is 0 Å². The van der Waals surface area contributed by atoms with Gasteiger partial charge in [0.2, 0.25) is 0 Å². The average molecular weight is 879 g/mol. The topological polar surface area (TPSA) is 246 Å². The molecule has 300 valence electrons. The van der Waals surface area contributed by atoms with E-state index in [9.17, 15) is 45.4 Å². The second-order valence-electron chi connectivity index (χ2n) is 15.0. The van der Waals surface area contributed by atoms with Crippen LogP contribution >= 0.6 is 0 Å². The molecule has 0 radical (unpaired) electrons. The van der Waals surface area contributed by atoms with Crippen LogP contribution in [-0.2, 0) is 20.2 Å². The van der Waals surface area contributed by atoms with Crippen LogP contribution in [0.15, 0.2) is 109 Å². The Hall–Kier alpha value is -5.72. The molecular weight excluding hydrogens is 849 g/mol. The Morgan fingerprint density at radius 2 is 0.885 bits per heavy atom. The summed E-state index contributed by atoms with van der Waals surface area (Å²) >= 11 is 0. The number of pyridine rings is 4. The van der Waals surface area contributed by atoms with E-state index in [1.807, 2.05) is 38.1 Å². The Kier molecular flexibility index (Phi) is 10.1. The number of aromatic nitrogens is 4. The molecule has 17 heteroatoms. The molecule has 4 N–H and O–H groups in total. The van der Waals surface area contributed by atoms with Crippen LogP contribution < -0.4 is 21.4 Å². The van der Waals surface area contributed by atoms with Crippen LogP contribution in [0.3, 0.4) is 0 Å². The van der Waals surface area contributed by atoms with Crippen molar-refractivity contribution < 1.29 is 31.0 Å². The third-order valence-electron chi connectivity index (χ3n) is 10.8. The van der Waals surface area contributed by atoms with E-state index in [2.05, 4.69) is 19.9 Å². The first-order chi connectivity index (χ1) is 28.3. The molecule has 10 rings (SSSR count). The van der Waals surface area contributed by atoms with Crippen molar-refractivity contribution in [3.63, 3.8) is 0 Å². The summed E-state index contributed by atoms with van der Waals surface area (Å²) in [6.07, 6.45) is 0. The summed E-state index contributed by atoms with van der Waals surface area (Å²) in [4.78, 5) is 52.4. The fraction of sp³-hybridized carbons (Fsp3) is 0.0909. The van der Waals surface area contributed by atoms with Crippen LogP contribution in [0.25, 0.3) is 87.2 Å². The van der Waals surface area contributed by atoms with E-state index in [0.29, 0.717) is 70.8 Å². The van der Waals surface area contributed by atoms with Crippen molar-refractivity contribution in [3.8, 4) is 5.75 Å². The molecular formula is C44H30CaN4O10S2. The third-order valence-corrected chi connectivity index (χ3v) is 12.8. The maximum atomic E-state index is 13.1. The second kappa shape index (κ2) is 14.7. The molecule has 0 spiro atoms. The first-order valence-electron chi connectivity index (χ1n) is 18.3. The predicted octanol–water partition coefficient (Wildman–Crippen LogP) is 6.14. The standard InChI is InChI=1S/2C22H16N2O5S.Ca/c2*1-10-3-4-16-12(5-10)21(25)14-8-18-15(7-17(14)23-16)22(26)13-6-11(2)20(30(27,28)29)9-19(13)24-18;/h2*3-9H,1-2H3,(H,23,25)(H,24,26)(H,27,28,29);/q;;+2/p-2. The largest absolute Gasteiger partial charge is 2.00 e. The number of rotatable bonds is 2. The van der Waals surface area contributed by atoms with Crippen LogP contribution in [0, 0.1) is 27.7 Å². The Balaban J connectivity index is 0.000000166. The van der Waals surface area contributed by atoms with Crippen LogP contribution in [-0.4, -0.2) is 83.6 Å². The molecule has 10 aromatic rings. The third kappa shape index (κ3) is 7.13. The minimum atomic E-state index is -4.69. The number of nitrogens with zero attached hydrogens (tertiary/aromatic N) is 1. The summed E-state index contributed by atoms with van der Waals surface area (Å²) < 4.78 is 67.3. The first-order valence-corrected chi connectivity index (χ1v) is 21.1. The molecule has 4 heterocycles. The Bertz CT molecular complexity index is 4030. The molecule has 4 aromatic heterocycles. The normalized spacial score (nSPS) is 12.2. The minimum absolute atomic E-state index is 0. The molecule has 0 atom stereocenters. The average Bonchev–Trinajstić information content (AvgIpc) is 3.18. The molecule has 0 amide bonds. The minimum Gasteiger partial charge on any atom is -0.872 e. The van der Waals surface area contributed by atoms with Crippen molar-refractivity contribution >= 4 is 145 Å². The molecule has 0 saturated carbocycles. The van der Waals surface area contributed by atoms with E-state index in [1.165, 1.54) is 32.0 Å². The van der Waals surface area contributed by atoms with E-state index in [0.717, 1.165) is 17.2 Å². The van der Waals surface area contributed by atoms with Gasteiger partial charge in [0.1, 0.15) is 10.1 Å². The summed E-state index contributed by atoms with van der Waals surface area (Å²) in [6, 6.07) is 22.5. The van der Waals surface area contributed by atoms with E-state index >= 15 is 0 Å². The Labute approximate surface area is 374 Å². The quantitative estimate of drug-likeness (QED) is 0.0873. The van der Waals surface area contributed by atoms with Crippen LogP contribution in [0.2, 0.25) is 0 Å². The number of aryl methyl sites for hydroxylation is 4. The number of hydrogen-bond acceptors (Lipinski definition) is 10. The van der Waals surface area contributed by atoms with Gasteiger partial charge in [0.05, 0.1) is 48.4 Å². The van der Waals surface area contributed by atoms with Crippen molar-refractivity contribution in [2.24, 2.45) is 0 Å². The van der Waals surface area contributed by atoms with E-state index in [-0.39, 0.29) is 92.2 Å². The van der Waals surface area contributed by atoms with Crippen molar-refractivity contribution in [2.75, 3.05) is 0 Å². The number of benzene rings is 6. The van der Waals surface area contributed by atoms with Crippen molar-refractivity contribution in [1.82, 2.24) is 19.9 Å². The summed E-state index contributed by atoms with van der Waals surface area (Å²) in [6.45, 7) is 6.77. The smallest absolute Gasteiger partial charge is 0.872 e. The molecule has 0 unspecified atom stereocenters. The van der Waals surface area contributed by atoms with E-state index in [1.54, 1.807) is 36.4 Å². The summed E-state index contributed by atoms with van der Waals surface area (Å²) in [5.41, 5.74) is 5.00. The van der Waals surface area contributed by atoms with Gasteiger partial charge >= 0.3 is 37.7 Å². The molecule has 0 fully saturated rings. The second-order valence-corrected chi connectivity index (χ2v) is 17.7. The SMILES string of the molecule is Cc1ccc2[nH]c3cc4c(=O)c5cc(C)c(S(=O)(=O)O)cc5[nH]c4cc3c(=O)c2c1.Cc1ccc2nc3cc4c(=O)c5cc(C)c(S(=O)(=O)[O-])cc5[nH]c4cc3c([O-])c2c1.[Ca+2]. The zero-order chi connectivity index (χ0) is 42.7. The number of hydrogen-bond donors (Lipinski definition) is 4.